The summed E-state index contributed by atoms with van der Waals surface area (Å²) in [5, 5.41) is 0. The van der Waals surface area contributed by atoms with Gasteiger partial charge in [0.1, 0.15) is 0 Å². The number of rotatable bonds is 18. The summed E-state index contributed by atoms with van der Waals surface area (Å²) in [6.07, 6.45) is 4.10. The first kappa shape index (κ1) is 31.8. The summed E-state index contributed by atoms with van der Waals surface area (Å²) in [5.41, 5.74) is 0. The number of unbranched alkanes of at least 4 members (excludes halogenated alkanes) is 3. The van der Waals surface area contributed by atoms with Gasteiger partial charge in [0, 0.05) is 53.2 Å². The molecule has 0 bridgehead atoms. The molecule has 0 amide bonds. The molecule has 0 saturated carbocycles. The molecule has 0 spiro atoms. The summed E-state index contributed by atoms with van der Waals surface area (Å²) in [4.78, 5) is 6.73. The maximum absolute atomic E-state index is 11.0. The summed E-state index contributed by atoms with van der Waals surface area (Å²) >= 11 is 12.9. The Morgan fingerprint density at radius 3 is 1.00 bits per heavy atom. The van der Waals surface area contributed by atoms with Gasteiger partial charge in [0.05, 0.1) is 39.8 Å². The summed E-state index contributed by atoms with van der Waals surface area (Å²) in [5.74, 6) is 0. The van der Waals surface area contributed by atoms with Crippen LogP contribution in [0, 0.1) is 0 Å². The van der Waals surface area contributed by atoms with Gasteiger partial charge in [0.2, 0.25) is 0 Å². The fourth-order valence-electron chi connectivity index (χ4n) is 3.21. The Balaban J connectivity index is 2.44. The molecular formula is C15H33N3O9S6. The Kier molecular flexibility index (Phi) is 15.2. The van der Waals surface area contributed by atoms with Crippen molar-refractivity contribution in [3.8, 4) is 0 Å². The van der Waals surface area contributed by atoms with Gasteiger partial charge in [0.15, 0.2) is 0 Å². The predicted octanol–water partition coefficient (Wildman–Crippen LogP) is 0.572. The van der Waals surface area contributed by atoms with Gasteiger partial charge < -0.3 is 0 Å². The van der Waals surface area contributed by atoms with Gasteiger partial charge in [-0.25, -0.2) is 0 Å². The summed E-state index contributed by atoms with van der Waals surface area (Å²) in [6.45, 7) is 4.85. The molecule has 0 aliphatic carbocycles. The van der Waals surface area contributed by atoms with Crippen molar-refractivity contribution < 1.29 is 38.8 Å². The number of nitrogens with zero attached hydrogens (tertiary/aromatic N) is 3. The van der Waals surface area contributed by atoms with Crippen molar-refractivity contribution in [1.29, 1.82) is 0 Å². The van der Waals surface area contributed by atoms with Crippen molar-refractivity contribution in [2.24, 2.45) is 0 Å². The molecule has 0 radical (unpaired) electrons. The predicted molar refractivity (Wildman–Crippen MR) is 135 cm³/mol. The molecule has 12 nitrogen and oxygen atoms in total. The second kappa shape index (κ2) is 15.8. The van der Waals surface area contributed by atoms with Gasteiger partial charge in [-0.15, -0.1) is 0 Å². The van der Waals surface area contributed by atoms with Crippen LogP contribution in [0.1, 0.15) is 38.5 Å². The average molecular weight is 592 g/mol. The topological polar surface area (TPSA) is 149 Å². The fourth-order valence-corrected chi connectivity index (χ4v) is 4.81. The van der Waals surface area contributed by atoms with Gasteiger partial charge in [-0.3, -0.25) is 40.9 Å². The third kappa shape index (κ3) is 19.6. The molecule has 0 aromatic carbocycles. The van der Waals surface area contributed by atoms with Crippen molar-refractivity contribution in [1.82, 2.24) is 14.7 Å². The van der Waals surface area contributed by atoms with Crippen LogP contribution in [0.5, 0.6) is 0 Å². The molecule has 1 saturated heterocycles. The van der Waals surface area contributed by atoms with Crippen molar-refractivity contribution in [3.63, 3.8) is 0 Å². The van der Waals surface area contributed by atoms with E-state index in [1.165, 1.54) is 0 Å². The zero-order valence-corrected chi connectivity index (χ0v) is 23.1. The van der Waals surface area contributed by atoms with Crippen molar-refractivity contribution >= 4 is 60.7 Å². The lowest BCUT2D eigenvalue weighted by Gasteiger charge is -2.42. The van der Waals surface area contributed by atoms with E-state index < -0.39 is 27.2 Å². The van der Waals surface area contributed by atoms with E-state index >= 15 is 0 Å². The van der Waals surface area contributed by atoms with Crippen LogP contribution >= 0.6 is 0 Å². The van der Waals surface area contributed by atoms with Gasteiger partial charge in [-0.2, -0.15) is 12.6 Å². The number of hydrogen-bond donors (Lipinski definition) is 3. The summed E-state index contributed by atoms with van der Waals surface area (Å²) in [6, 6.07) is 0. The fraction of sp³-hybridized carbons (Fsp3) is 1.00. The molecule has 3 N–H and O–H groups in total. The highest BCUT2D eigenvalue weighted by atomic mass is 32.9. The minimum absolute atomic E-state index is 0.119. The van der Waals surface area contributed by atoms with Crippen LogP contribution in [-0.4, -0.2) is 100 Å². The Morgan fingerprint density at radius 1 is 0.545 bits per heavy atom. The Morgan fingerprint density at radius 2 is 0.788 bits per heavy atom. The Bertz CT molecular complexity index is 749. The lowest BCUT2D eigenvalue weighted by molar-refractivity contribution is -0.0318. The molecule has 1 fully saturated rings. The van der Waals surface area contributed by atoms with Gasteiger partial charge in [-0.1, -0.05) is 0 Å². The lowest BCUT2D eigenvalue weighted by atomic mass is 10.2. The first-order chi connectivity index (χ1) is 15.2. The molecular weight excluding hydrogens is 559 g/mol. The first-order valence-electron chi connectivity index (χ1n) is 10.3. The first-order valence-corrected chi connectivity index (χ1v) is 17.4. The van der Waals surface area contributed by atoms with Crippen LogP contribution in [0.25, 0.3) is 0 Å². The van der Waals surface area contributed by atoms with E-state index in [0.29, 0.717) is 19.3 Å². The third-order valence-electron chi connectivity index (χ3n) is 4.50. The minimum Gasteiger partial charge on any atom is -0.285 e. The van der Waals surface area contributed by atoms with Gasteiger partial charge in [-0.05, 0) is 38.5 Å². The molecule has 1 aliphatic rings. The lowest BCUT2D eigenvalue weighted by Crippen LogP contribution is -2.55. The standard InChI is InChI=1S/C15H33N3O9S6/c19-31(20,28)25-10-4-1-7-16-13-17(8-2-5-11-26-32(21,22)29)15-18(14-16)9-3-6-12-27-33(23,24)30/h1-15H2,(H,19,20,28)(H,21,22,29)(H,23,24,30). The minimum atomic E-state index is -3.59. The normalized spacial score (nSPS) is 21.9. The monoisotopic (exact) mass is 591 g/mol. The molecule has 3 unspecified atom stereocenters. The van der Waals surface area contributed by atoms with Gasteiger partial charge in [0.25, 0.3) is 27.2 Å². The molecule has 1 rings (SSSR count). The maximum Gasteiger partial charge on any atom is 0.266 e. The molecule has 0 aromatic heterocycles. The van der Waals surface area contributed by atoms with Crippen LogP contribution in [-0.2, 0) is 73.3 Å². The molecule has 33 heavy (non-hydrogen) atoms. The van der Waals surface area contributed by atoms with Gasteiger partial charge >= 0.3 is 0 Å². The van der Waals surface area contributed by atoms with E-state index in [1.54, 1.807) is 0 Å². The van der Waals surface area contributed by atoms with Crippen LogP contribution in [0.4, 0.5) is 0 Å². The van der Waals surface area contributed by atoms with Crippen molar-refractivity contribution in [2.45, 2.75) is 38.5 Å². The number of hydrogen-bond acceptors (Lipinski definition) is 12. The molecule has 3 atom stereocenters. The van der Waals surface area contributed by atoms with E-state index in [0.717, 1.165) is 58.9 Å². The van der Waals surface area contributed by atoms with Crippen molar-refractivity contribution in [2.75, 3.05) is 59.5 Å². The average Bonchev–Trinajstić information content (AvgIpc) is 2.64. The summed E-state index contributed by atoms with van der Waals surface area (Å²) < 4.78 is 74.0. The zero-order chi connectivity index (χ0) is 25.0. The quantitative estimate of drug-likeness (QED) is 0.191. The largest absolute Gasteiger partial charge is 0.285 e. The van der Waals surface area contributed by atoms with Crippen molar-refractivity contribution in [3.05, 3.63) is 0 Å². The van der Waals surface area contributed by atoms with E-state index in [1.807, 2.05) is 0 Å². The second-order valence-electron chi connectivity index (χ2n) is 7.48. The SMILES string of the molecule is O=S(O)(=S)OCCCCN1CN(CCCCOS(=O)(O)=S)CN(CCCCOS(=O)(O)=S)C1. The molecule has 0 aromatic rings. The van der Waals surface area contributed by atoms with E-state index in [2.05, 4.69) is 48.3 Å². The van der Waals surface area contributed by atoms with Crippen LogP contribution in [0.15, 0.2) is 0 Å². The van der Waals surface area contributed by atoms with E-state index in [9.17, 15) is 12.6 Å². The molecule has 1 aliphatic heterocycles. The highest BCUT2D eigenvalue weighted by Gasteiger charge is 2.22. The van der Waals surface area contributed by atoms with Crippen LogP contribution < -0.4 is 0 Å². The molecule has 198 valence electrons. The van der Waals surface area contributed by atoms with Crippen LogP contribution in [0.2, 0.25) is 0 Å². The Hall–Kier alpha value is 0.750. The smallest absolute Gasteiger partial charge is 0.266 e. The summed E-state index contributed by atoms with van der Waals surface area (Å²) in [7, 11) is -10.8. The maximum atomic E-state index is 11.0. The second-order valence-corrected chi connectivity index (χ2v) is 14.5. The van der Waals surface area contributed by atoms with Crippen LogP contribution in [0.3, 0.4) is 0 Å². The zero-order valence-electron chi connectivity index (χ0n) is 18.2. The highest BCUT2D eigenvalue weighted by molar-refractivity contribution is 8.27. The molecule has 18 heteroatoms. The Labute approximate surface area is 211 Å². The van der Waals surface area contributed by atoms with E-state index in [-0.39, 0.29) is 19.8 Å². The molecule has 1 heterocycles. The third-order valence-corrected chi connectivity index (χ3v) is 6.76. The van der Waals surface area contributed by atoms with E-state index in [4.69, 9.17) is 26.2 Å². The highest BCUT2D eigenvalue weighted by Crippen LogP contribution is 2.12.